The normalized spacial score (nSPS) is 45.2. The topological polar surface area (TPSA) is 140 Å². The molecule has 1 aliphatic heterocycles. The van der Waals surface area contributed by atoms with Crippen molar-refractivity contribution in [3.05, 3.63) is 47.0 Å². The van der Waals surface area contributed by atoms with Crippen molar-refractivity contribution in [1.82, 2.24) is 0 Å². The lowest BCUT2D eigenvalue weighted by Crippen LogP contribution is -2.92. The van der Waals surface area contributed by atoms with E-state index in [0.29, 0.717) is 29.7 Å². The van der Waals surface area contributed by atoms with Crippen molar-refractivity contribution in [2.75, 3.05) is 13.7 Å². The highest BCUT2D eigenvalue weighted by Gasteiger charge is 2.91. The molecule has 5 aliphatic rings. The molecule has 4 fully saturated rings. The van der Waals surface area contributed by atoms with Crippen LogP contribution in [0.4, 0.5) is 0 Å². The SMILES string of the molecule is CC(=O)O[C@H]1C(=O)[C@]2(C)[C@@H](O)C[C@H]3OC[C@H]3C23C(C)[C@]2(O)C[C@H](O)C(C)=C1[C@]32C.COC(=O)c1ccccc1. The van der Waals surface area contributed by atoms with Crippen LogP contribution in [-0.4, -0.2) is 76.8 Å². The van der Waals surface area contributed by atoms with Crippen LogP contribution in [0.3, 0.4) is 0 Å². The number of ether oxygens (including phenoxy) is 3. The number of hydrogen-bond acceptors (Lipinski definition) is 9. The minimum Gasteiger partial charge on any atom is -0.465 e. The van der Waals surface area contributed by atoms with Gasteiger partial charge >= 0.3 is 11.9 Å². The minimum absolute atomic E-state index is 0.0106. The Morgan fingerprint density at radius 1 is 1.13 bits per heavy atom. The van der Waals surface area contributed by atoms with Crippen LogP contribution in [0.5, 0.6) is 0 Å². The fourth-order valence-electron chi connectivity index (χ4n) is 9.36. The van der Waals surface area contributed by atoms with Gasteiger partial charge in [-0.05, 0) is 43.0 Å². The van der Waals surface area contributed by atoms with Crippen molar-refractivity contribution in [3.63, 3.8) is 0 Å². The molecule has 9 heteroatoms. The van der Waals surface area contributed by atoms with Crippen molar-refractivity contribution >= 4 is 17.7 Å². The number of esters is 2. The van der Waals surface area contributed by atoms with Crippen LogP contribution in [0.15, 0.2) is 41.5 Å². The number of rotatable bonds is 2. The predicted molar refractivity (Wildman–Crippen MR) is 138 cm³/mol. The maximum Gasteiger partial charge on any atom is 0.337 e. The molecule has 3 saturated carbocycles. The van der Waals surface area contributed by atoms with Gasteiger partial charge in [-0.1, -0.05) is 32.0 Å². The summed E-state index contributed by atoms with van der Waals surface area (Å²) in [6.07, 6.45) is -2.74. The lowest BCUT2D eigenvalue weighted by molar-refractivity contribution is -0.418. The lowest BCUT2D eigenvalue weighted by atomic mass is 9.19. The zero-order chi connectivity index (χ0) is 28.7. The van der Waals surface area contributed by atoms with Crippen molar-refractivity contribution in [1.29, 1.82) is 0 Å². The van der Waals surface area contributed by atoms with Crippen molar-refractivity contribution < 1.29 is 43.9 Å². The molecule has 4 aliphatic carbocycles. The lowest BCUT2D eigenvalue weighted by Gasteiger charge is -2.85. The van der Waals surface area contributed by atoms with Gasteiger partial charge in [0.05, 0.1) is 48.6 Å². The summed E-state index contributed by atoms with van der Waals surface area (Å²) in [4.78, 5) is 36.7. The highest BCUT2D eigenvalue weighted by Crippen LogP contribution is 2.86. The number of carbonyl (C=O) groups is 3. The van der Waals surface area contributed by atoms with E-state index in [1.807, 2.05) is 19.9 Å². The molecule has 10 atom stereocenters. The van der Waals surface area contributed by atoms with Crippen LogP contribution in [0, 0.1) is 28.1 Å². The van der Waals surface area contributed by atoms with Gasteiger partial charge in [0.2, 0.25) is 0 Å². The molecular formula is C30H38O9. The Kier molecular flexibility index (Phi) is 6.42. The molecule has 1 spiro atoms. The van der Waals surface area contributed by atoms with Gasteiger partial charge in [-0.15, -0.1) is 0 Å². The van der Waals surface area contributed by atoms with Gasteiger partial charge in [0.15, 0.2) is 11.9 Å². The molecule has 6 rings (SSSR count). The van der Waals surface area contributed by atoms with E-state index in [9.17, 15) is 29.7 Å². The van der Waals surface area contributed by atoms with Gasteiger partial charge in [0, 0.05) is 36.5 Å². The second-order valence-electron chi connectivity index (χ2n) is 12.1. The molecular weight excluding hydrogens is 504 g/mol. The van der Waals surface area contributed by atoms with Crippen molar-refractivity contribution in [2.45, 2.75) is 77.5 Å². The third kappa shape index (κ3) is 3.13. The highest BCUT2D eigenvalue weighted by molar-refractivity contribution is 5.98. The summed E-state index contributed by atoms with van der Waals surface area (Å²) in [5.74, 6) is -1.55. The standard InChI is InChI=1S/C22H30O7.C8H8O2/c1-9-13(24)7-21(27)10(2)22-12-8-28-14(12)6-15(25)19(22,4)18(26)17(29-11(3)23)16(9)20(21,22)5;1-10-8(9)7-5-3-2-4-6-7/h10,12-15,17,24-25,27H,6-8H2,1-5H3;2-6H,1H3/t10?,12-,13+,14-,15+,17-,19+,20+,21-,22?;/m1./s1. The van der Waals surface area contributed by atoms with Gasteiger partial charge in [-0.3, -0.25) is 9.59 Å². The molecule has 0 aromatic heterocycles. The van der Waals surface area contributed by atoms with Gasteiger partial charge in [-0.2, -0.15) is 0 Å². The van der Waals surface area contributed by atoms with E-state index in [2.05, 4.69) is 4.74 Å². The average Bonchev–Trinajstić information content (AvgIpc) is 2.89. The molecule has 2 unspecified atom stereocenters. The van der Waals surface area contributed by atoms with E-state index >= 15 is 0 Å². The number of fused-ring (bicyclic) bond motifs is 1. The Balaban J connectivity index is 0.000000261. The van der Waals surface area contributed by atoms with Crippen LogP contribution < -0.4 is 0 Å². The first-order valence-electron chi connectivity index (χ1n) is 13.5. The number of carbonyl (C=O) groups excluding carboxylic acids is 3. The zero-order valence-corrected chi connectivity index (χ0v) is 23.3. The van der Waals surface area contributed by atoms with Gasteiger partial charge in [0.1, 0.15) is 0 Å². The molecule has 1 aromatic rings. The van der Waals surface area contributed by atoms with Crippen LogP contribution in [-0.2, 0) is 23.8 Å². The fraction of sp³-hybridized carbons (Fsp3) is 0.633. The summed E-state index contributed by atoms with van der Waals surface area (Å²) in [7, 11) is 1.37. The Morgan fingerprint density at radius 3 is 2.31 bits per heavy atom. The third-order valence-corrected chi connectivity index (χ3v) is 11.1. The molecule has 1 saturated heterocycles. The number of aliphatic hydroxyl groups excluding tert-OH is 2. The Morgan fingerprint density at radius 2 is 1.77 bits per heavy atom. The van der Waals surface area contributed by atoms with Crippen LogP contribution in [0.2, 0.25) is 0 Å². The van der Waals surface area contributed by atoms with Crippen LogP contribution >= 0.6 is 0 Å². The van der Waals surface area contributed by atoms with Crippen LogP contribution in [0.1, 0.15) is 57.8 Å². The van der Waals surface area contributed by atoms with Crippen LogP contribution in [0.25, 0.3) is 0 Å². The maximum atomic E-state index is 14.0. The third-order valence-electron chi connectivity index (χ3n) is 11.1. The Labute approximate surface area is 228 Å². The molecule has 0 amide bonds. The second kappa shape index (κ2) is 8.96. The fourth-order valence-corrected chi connectivity index (χ4v) is 9.36. The van der Waals surface area contributed by atoms with E-state index in [1.165, 1.54) is 14.0 Å². The summed E-state index contributed by atoms with van der Waals surface area (Å²) >= 11 is 0. The number of benzene rings is 1. The van der Waals surface area contributed by atoms with Crippen molar-refractivity contribution in [3.8, 4) is 0 Å². The molecule has 0 radical (unpaired) electrons. The minimum atomic E-state index is -1.27. The molecule has 1 aromatic carbocycles. The van der Waals surface area contributed by atoms with Crippen molar-refractivity contribution in [2.24, 2.45) is 28.1 Å². The van der Waals surface area contributed by atoms with E-state index in [0.717, 1.165) is 0 Å². The summed E-state index contributed by atoms with van der Waals surface area (Å²) in [5, 5.41) is 33.9. The van der Waals surface area contributed by atoms with E-state index in [1.54, 1.807) is 38.1 Å². The predicted octanol–water partition coefficient (Wildman–Crippen LogP) is 2.21. The summed E-state index contributed by atoms with van der Waals surface area (Å²) in [6.45, 7) is 9.12. The molecule has 1 heterocycles. The summed E-state index contributed by atoms with van der Waals surface area (Å²) in [6, 6.07) is 8.88. The number of ketones is 1. The number of aliphatic hydroxyl groups is 3. The van der Waals surface area contributed by atoms with E-state index in [-0.39, 0.29) is 36.1 Å². The first kappa shape index (κ1) is 28.0. The second-order valence-corrected chi connectivity index (χ2v) is 12.1. The van der Waals surface area contributed by atoms with E-state index < -0.39 is 46.1 Å². The van der Waals surface area contributed by atoms with Gasteiger partial charge in [0.25, 0.3) is 0 Å². The molecule has 0 bridgehead atoms. The number of hydrogen-bond donors (Lipinski definition) is 3. The monoisotopic (exact) mass is 542 g/mol. The first-order chi connectivity index (χ1) is 18.2. The zero-order valence-electron chi connectivity index (χ0n) is 23.3. The molecule has 9 nitrogen and oxygen atoms in total. The quantitative estimate of drug-likeness (QED) is 0.379. The number of Topliss-reactive ketones (excluding diaryl/α,β-unsaturated/α-hetero) is 1. The Hall–Kier alpha value is -2.59. The average molecular weight is 543 g/mol. The summed E-state index contributed by atoms with van der Waals surface area (Å²) < 4.78 is 15.8. The highest BCUT2D eigenvalue weighted by atomic mass is 16.5. The van der Waals surface area contributed by atoms with E-state index in [4.69, 9.17) is 9.47 Å². The summed E-state index contributed by atoms with van der Waals surface area (Å²) in [5.41, 5.74) is -2.41. The van der Waals surface area contributed by atoms with Gasteiger partial charge < -0.3 is 29.5 Å². The van der Waals surface area contributed by atoms with Gasteiger partial charge in [-0.25, -0.2) is 4.79 Å². The smallest absolute Gasteiger partial charge is 0.337 e. The first-order valence-corrected chi connectivity index (χ1v) is 13.5. The Bertz CT molecular complexity index is 1240. The molecule has 3 N–H and O–H groups in total. The molecule has 212 valence electrons. The molecule has 39 heavy (non-hydrogen) atoms. The largest absolute Gasteiger partial charge is 0.465 e. The number of methoxy groups -OCH3 is 1. The maximum absolute atomic E-state index is 14.0.